The number of thiophene rings is 1. The molecule has 3 aromatic rings. The Hall–Kier alpha value is -1.84. The number of fused-ring (bicyclic) bond motifs is 5. The molecular weight excluding hydrogens is 314 g/mol. The van der Waals surface area contributed by atoms with E-state index in [9.17, 15) is 5.11 Å². The summed E-state index contributed by atoms with van der Waals surface area (Å²) in [6, 6.07) is 0. The third-order valence-electron chi connectivity index (χ3n) is 4.37. The Balaban J connectivity index is 1.90. The summed E-state index contributed by atoms with van der Waals surface area (Å²) in [6.07, 6.45) is 0.602. The van der Waals surface area contributed by atoms with Crippen LogP contribution in [0.2, 0.25) is 0 Å². The summed E-state index contributed by atoms with van der Waals surface area (Å²) in [6.45, 7) is 7.76. The lowest BCUT2D eigenvalue weighted by Crippen LogP contribution is -3.11. The van der Waals surface area contributed by atoms with E-state index < -0.39 is 6.10 Å². The average Bonchev–Trinajstić information content (AvgIpc) is 3.15. The maximum atomic E-state index is 9.58. The van der Waals surface area contributed by atoms with Crippen LogP contribution in [0.4, 0.5) is 5.82 Å². The minimum absolute atomic E-state index is 0.437. The monoisotopic (exact) mass is 334 g/mol. The Bertz CT molecular complexity index is 856. The van der Waals surface area contributed by atoms with Gasteiger partial charge in [0.2, 0.25) is 0 Å². The SMILES string of the molecule is CC[NH+]1CCc2c(sc3c2c(NC[C@@H](C)O)nc2nnnn23)C1. The molecule has 0 spiro atoms. The molecule has 1 aliphatic heterocycles. The van der Waals surface area contributed by atoms with Crippen LogP contribution >= 0.6 is 11.3 Å². The second kappa shape index (κ2) is 5.66. The summed E-state index contributed by atoms with van der Waals surface area (Å²) >= 11 is 1.76. The summed E-state index contributed by atoms with van der Waals surface area (Å²) in [5, 5.41) is 25.8. The molecule has 9 heteroatoms. The van der Waals surface area contributed by atoms with E-state index in [1.165, 1.54) is 10.4 Å². The van der Waals surface area contributed by atoms with Gasteiger partial charge in [-0.05, 0) is 29.8 Å². The first kappa shape index (κ1) is 14.7. The third-order valence-corrected chi connectivity index (χ3v) is 5.58. The molecule has 4 rings (SSSR count). The summed E-state index contributed by atoms with van der Waals surface area (Å²) in [5.74, 6) is 1.27. The van der Waals surface area contributed by atoms with Crippen LogP contribution < -0.4 is 10.2 Å². The van der Waals surface area contributed by atoms with Crippen molar-refractivity contribution in [3.8, 4) is 0 Å². The van der Waals surface area contributed by atoms with Crippen molar-refractivity contribution in [3.63, 3.8) is 0 Å². The zero-order chi connectivity index (χ0) is 16.0. The van der Waals surface area contributed by atoms with Gasteiger partial charge in [0, 0.05) is 13.0 Å². The van der Waals surface area contributed by atoms with Crippen LogP contribution in [0, 0.1) is 0 Å². The van der Waals surface area contributed by atoms with E-state index in [0.29, 0.717) is 12.3 Å². The Morgan fingerprint density at radius 1 is 1.48 bits per heavy atom. The maximum absolute atomic E-state index is 9.58. The second-order valence-corrected chi connectivity index (χ2v) is 7.13. The number of anilines is 1. The highest BCUT2D eigenvalue weighted by Crippen LogP contribution is 2.36. The number of hydrogen-bond donors (Lipinski definition) is 3. The minimum Gasteiger partial charge on any atom is -0.392 e. The lowest BCUT2D eigenvalue weighted by molar-refractivity contribution is -0.913. The summed E-state index contributed by atoms with van der Waals surface area (Å²) in [7, 11) is 0. The van der Waals surface area contributed by atoms with Gasteiger partial charge in [-0.3, -0.25) is 0 Å². The zero-order valence-electron chi connectivity index (χ0n) is 13.2. The van der Waals surface area contributed by atoms with Gasteiger partial charge in [0.05, 0.1) is 29.5 Å². The number of likely N-dealkylation sites (N-methyl/N-ethyl adjacent to an activating group) is 1. The van der Waals surface area contributed by atoms with E-state index in [0.717, 1.165) is 42.1 Å². The fourth-order valence-electron chi connectivity index (χ4n) is 3.13. The molecule has 4 heterocycles. The van der Waals surface area contributed by atoms with Crippen molar-refractivity contribution in [2.45, 2.75) is 32.9 Å². The number of tetrazole rings is 1. The number of nitrogens with one attached hydrogen (secondary N) is 2. The molecule has 0 amide bonds. The van der Waals surface area contributed by atoms with Crippen molar-refractivity contribution in [2.75, 3.05) is 25.0 Å². The molecule has 3 aromatic heterocycles. The topological polar surface area (TPSA) is 92.7 Å². The third kappa shape index (κ3) is 2.44. The Kier molecular flexibility index (Phi) is 3.63. The van der Waals surface area contributed by atoms with Gasteiger partial charge in [0.15, 0.2) is 0 Å². The number of hydrogen-bond acceptors (Lipinski definition) is 7. The molecule has 0 saturated heterocycles. The van der Waals surface area contributed by atoms with E-state index in [2.05, 4.69) is 32.7 Å². The van der Waals surface area contributed by atoms with E-state index in [1.807, 2.05) is 0 Å². The molecular formula is C14H20N7OS+. The van der Waals surface area contributed by atoms with Crippen LogP contribution in [0.5, 0.6) is 0 Å². The Labute approximate surface area is 137 Å². The zero-order valence-corrected chi connectivity index (χ0v) is 14.0. The van der Waals surface area contributed by atoms with Gasteiger partial charge in [0.1, 0.15) is 17.2 Å². The number of aromatic nitrogens is 5. The Morgan fingerprint density at radius 3 is 3.13 bits per heavy atom. The van der Waals surface area contributed by atoms with Crippen molar-refractivity contribution in [1.29, 1.82) is 0 Å². The lowest BCUT2D eigenvalue weighted by atomic mass is 10.0. The number of quaternary nitrogens is 1. The molecule has 2 atom stereocenters. The van der Waals surface area contributed by atoms with Gasteiger partial charge in [-0.1, -0.05) is 5.10 Å². The molecule has 0 fully saturated rings. The fraction of sp³-hybridized carbons (Fsp3) is 0.571. The minimum atomic E-state index is -0.437. The largest absolute Gasteiger partial charge is 0.392 e. The molecule has 8 nitrogen and oxygen atoms in total. The molecule has 0 saturated carbocycles. The quantitative estimate of drug-likeness (QED) is 0.595. The van der Waals surface area contributed by atoms with E-state index in [-0.39, 0.29) is 0 Å². The number of nitrogens with zero attached hydrogens (tertiary/aromatic N) is 5. The maximum Gasteiger partial charge on any atom is 0.276 e. The molecule has 0 bridgehead atoms. The highest BCUT2D eigenvalue weighted by atomic mass is 32.1. The van der Waals surface area contributed by atoms with Gasteiger partial charge in [-0.25, -0.2) is 0 Å². The standard InChI is InChI=1S/C14H19N7OS/c1-3-20-5-4-9-10(7-20)23-13-11(9)12(15-6-8(2)22)16-14-17-18-19-21(13)14/h8,22H,3-7H2,1-2H3,(H,15,16,17,19)/p+1/t8-/m1/s1. The number of rotatable bonds is 4. The highest BCUT2D eigenvalue weighted by molar-refractivity contribution is 7.19. The molecule has 122 valence electrons. The first-order chi connectivity index (χ1) is 11.2. The normalized spacial score (nSPS) is 19.2. The molecule has 0 aliphatic carbocycles. The predicted molar refractivity (Wildman–Crippen MR) is 87.9 cm³/mol. The fourth-order valence-corrected chi connectivity index (χ4v) is 4.49. The number of aliphatic hydroxyl groups is 1. The van der Waals surface area contributed by atoms with Crippen molar-refractivity contribution in [1.82, 2.24) is 25.0 Å². The molecule has 3 N–H and O–H groups in total. The highest BCUT2D eigenvalue weighted by Gasteiger charge is 2.27. The van der Waals surface area contributed by atoms with Crippen molar-refractivity contribution >= 4 is 33.1 Å². The Morgan fingerprint density at radius 2 is 2.35 bits per heavy atom. The van der Waals surface area contributed by atoms with Crippen LogP contribution in [0.1, 0.15) is 24.3 Å². The summed E-state index contributed by atoms with van der Waals surface area (Å²) in [4.78, 5) is 8.59. The van der Waals surface area contributed by atoms with Crippen LogP contribution in [0.25, 0.3) is 16.0 Å². The van der Waals surface area contributed by atoms with Gasteiger partial charge in [-0.15, -0.1) is 11.3 Å². The van der Waals surface area contributed by atoms with Gasteiger partial charge < -0.3 is 15.3 Å². The lowest BCUT2D eigenvalue weighted by Gasteiger charge is -2.22. The van der Waals surface area contributed by atoms with E-state index in [4.69, 9.17) is 0 Å². The number of aliphatic hydroxyl groups excluding tert-OH is 1. The summed E-state index contributed by atoms with van der Waals surface area (Å²) in [5.41, 5.74) is 1.36. The van der Waals surface area contributed by atoms with Crippen LogP contribution in [0.3, 0.4) is 0 Å². The first-order valence-electron chi connectivity index (χ1n) is 7.95. The summed E-state index contributed by atoms with van der Waals surface area (Å²) < 4.78 is 1.72. The van der Waals surface area contributed by atoms with Crippen LogP contribution in [-0.2, 0) is 13.0 Å². The molecule has 0 aromatic carbocycles. The average molecular weight is 334 g/mol. The van der Waals surface area contributed by atoms with Gasteiger partial charge in [-0.2, -0.15) is 9.50 Å². The van der Waals surface area contributed by atoms with Gasteiger partial charge in [0.25, 0.3) is 5.78 Å². The smallest absolute Gasteiger partial charge is 0.276 e. The van der Waals surface area contributed by atoms with E-state index in [1.54, 1.807) is 27.7 Å². The first-order valence-corrected chi connectivity index (χ1v) is 8.77. The van der Waals surface area contributed by atoms with Crippen molar-refractivity contribution in [3.05, 3.63) is 10.4 Å². The molecule has 1 unspecified atom stereocenters. The van der Waals surface area contributed by atoms with Crippen molar-refractivity contribution < 1.29 is 10.0 Å². The van der Waals surface area contributed by atoms with Crippen LogP contribution in [0.15, 0.2) is 0 Å². The van der Waals surface area contributed by atoms with Gasteiger partial charge >= 0.3 is 0 Å². The molecule has 0 radical (unpaired) electrons. The molecule has 1 aliphatic rings. The predicted octanol–water partition coefficient (Wildman–Crippen LogP) is -0.512. The van der Waals surface area contributed by atoms with E-state index >= 15 is 0 Å². The van der Waals surface area contributed by atoms with Crippen LogP contribution in [-0.4, -0.2) is 55.9 Å². The van der Waals surface area contributed by atoms with Crippen molar-refractivity contribution in [2.24, 2.45) is 0 Å². The second-order valence-electron chi connectivity index (χ2n) is 6.05. The molecule has 23 heavy (non-hydrogen) atoms.